The molecule has 1 rings (SSSR count). The number of carbonyl (C=O) groups excluding carboxylic acids is 3. The fourth-order valence-electron chi connectivity index (χ4n) is 3.03. The summed E-state index contributed by atoms with van der Waals surface area (Å²) in [5.74, 6) is -0.519. The van der Waals surface area contributed by atoms with Gasteiger partial charge in [0.25, 0.3) is 0 Å². The Labute approximate surface area is 132 Å². The summed E-state index contributed by atoms with van der Waals surface area (Å²) in [5, 5.41) is 0. The van der Waals surface area contributed by atoms with E-state index in [1.807, 2.05) is 6.92 Å². The molecule has 0 amide bonds. The van der Waals surface area contributed by atoms with Crippen LogP contribution in [0.25, 0.3) is 0 Å². The second kappa shape index (κ2) is 7.25. The maximum atomic E-state index is 12.5. The number of Topliss-reactive ketones (excluding diaryl/α,β-unsaturated/α-hetero) is 1. The maximum Gasteiger partial charge on any atom is 0.311 e. The van der Waals surface area contributed by atoms with Gasteiger partial charge in [-0.15, -0.1) is 0 Å². The van der Waals surface area contributed by atoms with E-state index in [4.69, 9.17) is 9.47 Å². The molecule has 1 fully saturated rings. The van der Waals surface area contributed by atoms with Crippen LogP contribution in [0, 0.1) is 10.8 Å². The van der Waals surface area contributed by atoms with E-state index in [2.05, 4.69) is 0 Å². The molecular weight excluding hydrogens is 284 g/mol. The van der Waals surface area contributed by atoms with Crippen molar-refractivity contribution in [3.8, 4) is 0 Å². The largest absolute Gasteiger partial charge is 0.469 e. The number of ketones is 1. The molecule has 0 N–H and O–H groups in total. The Bertz CT molecular complexity index is 440. The predicted octanol–water partition coefficient (Wildman–Crippen LogP) is 3.05. The Balaban J connectivity index is 2.73. The number of esters is 2. The molecule has 5 nitrogen and oxygen atoms in total. The van der Waals surface area contributed by atoms with Crippen molar-refractivity contribution < 1.29 is 23.9 Å². The van der Waals surface area contributed by atoms with E-state index in [0.29, 0.717) is 25.7 Å². The van der Waals surface area contributed by atoms with Gasteiger partial charge in [-0.25, -0.2) is 0 Å². The molecule has 1 aliphatic rings. The molecule has 0 spiro atoms. The Morgan fingerprint density at radius 2 is 1.86 bits per heavy atom. The second-order valence-corrected chi connectivity index (χ2v) is 7.13. The summed E-state index contributed by atoms with van der Waals surface area (Å²) < 4.78 is 10.4. The minimum atomic E-state index is -0.806. The first-order chi connectivity index (χ1) is 10.1. The van der Waals surface area contributed by atoms with E-state index < -0.39 is 10.8 Å². The lowest BCUT2D eigenvalue weighted by molar-refractivity contribution is -0.166. The molecule has 0 heterocycles. The van der Waals surface area contributed by atoms with Crippen LogP contribution in [-0.4, -0.2) is 30.9 Å². The molecule has 0 aromatic heterocycles. The van der Waals surface area contributed by atoms with Gasteiger partial charge >= 0.3 is 11.9 Å². The molecule has 1 saturated carbocycles. The first-order valence-corrected chi connectivity index (χ1v) is 7.96. The van der Waals surface area contributed by atoms with Crippen LogP contribution in [0.4, 0.5) is 0 Å². The first-order valence-electron chi connectivity index (χ1n) is 7.96. The van der Waals surface area contributed by atoms with E-state index in [9.17, 15) is 14.4 Å². The molecule has 0 aromatic carbocycles. The lowest BCUT2D eigenvalue weighted by atomic mass is 9.72. The molecular formula is C17H28O5. The summed E-state index contributed by atoms with van der Waals surface area (Å²) in [6.45, 7) is 7.25. The van der Waals surface area contributed by atoms with Crippen molar-refractivity contribution in [2.75, 3.05) is 7.11 Å². The average molecular weight is 312 g/mol. The fourth-order valence-corrected chi connectivity index (χ4v) is 3.03. The summed E-state index contributed by atoms with van der Waals surface area (Å²) in [6.07, 6.45) is 3.00. The van der Waals surface area contributed by atoms with Crippen molar-refractivity contribution in [1.82, 2.24) is 0 Å². The standard InChI is InChI=1S/C17H28O5/c1-6-17(4,15(20)21-5)11-16(2,3)14(19)22-13-9-7-8-12(18)10-13/h13H,6-11H2,1-5H3. The van der Waals surface area contributed by atoms with Crippen molar-refractivity contribution in [2.45, 2.75) is 72.3 Å². The third-order valence-corrected chi connectivity index (χ3v) is 4.55. The molecule has 5 heteroatoms. The zero-order valence-electron chi connectivity index (χ0n) is 14.4. The molecule has 0 aliphatic heterocycles. The predicted molar refractivity (Wildman–Crippen MR) is 82.2 cm³/mol. The Morgan fingerprint density at radius 3 is 2.36 bits per heavy atom. The Kier molecular flexibility index (Phi) is 6.15. The topological polar surface area (TPSA) is 69.7 Å². The molecule has 126 valence electrons. The van der Waals surface area contributed by atoms with Gasteiger partial charge in [0.15, 0.2) is 0 Å². The van der Waals surface area contributed by atoms with E-state index in [1.165, 1.54) is 7.11 Å². The number of rotatable bonds is 6. The quantitative estimate of drug-likeness (QED) is 0.705. The van der Waals surface area contributed by atoms with Gasteiger partial charge in [0, 0.05) is 12.8 Å². The fraction of sp³-hybridized carbons (Fsp3) is 0.824. The Morgan fingerprint density at radius 1 is 1.23 bits per heavy atom. The van der Waals surface area contributed by atoms with Crippen molar-refractivity contribution in [2.24, 2.45) is 10.8 Å². The normalized spacial score (nSPS) is 21.9. The van der Waals surface area contributed by atoms with Gasteiger partial charge in [-0.2, -0.15) is 0 Å². The highest BCUT2D eigenvalue weighted by molar-refractivity contribution is 5.82. The van der Waals surface area contributed by atoms with E-state index in [1.54, 1.807) is 20.8 Å². The van der Waals surface area contributed by atoms with Gasteiger partial charge in [-0.05, 0) is 46.5 Å². The number of carbonyl (C=O) groups is 3. The van der Waals surface area contributed by atoms with E-state index in [-0.39, 0.29) is 23.8 Å². The minimum Gasteiger partial charge on any atom is -0.469 e. The van der Waals surface area contributed by atoms with Crippen molar-refractivity contribution in [3.05, 3.63) is 0 Å². The monoisotopic (exact) mass is 312 g/mol. The van der Waals surface area contributed by atoms with Crippen molar-refractivity contribution >= 4 is 17.7 Å². The average Bonchev–Trinajstić information content (AvgIpc) is 2.45. The van der Waals surface area contributed by atoms with Gasteiger partial charge in [0.2, 0.25) is 0 Å². The van der Waals surface area contributed by atoms with Crippen molar-refractivity contribution in [3.63, 3.8) is 0 Å². The highest BCUT2D eigenvalue weighted by atomic mass is 16.5. The Hall–Kier alpha value is -1.39. The summed E-state index contributed by atoms with van der Waals surface area (Å²) in [5.41, 5.74) is -1.53. The second-order valence-electron chi connectivity index (χ2n) is 7.13. The molecule has 0 bridgehead atoms. The van der Waals surface area contributed by atoms with Crippen LogP contribution in [0.1, 0.15) is 66.2 Å². The summed E-state index contributed by atoms with van der Waals surface area (Å²) in [4.78, 5) is 35.9. The highest BCUT2D eigenvalue weighted by Gasteiger charge is 2.43. The van der Waals surface area contributed by atoms with Gasteiger partial charge in [0.1, 0.15) is 11.9 Å². The lowest BCUT2D eigenvalue weighted by Crippen LogP contribution is -2.40. The molecule has 0 saturated heterocycles. The van der Waals surface area contributed by atoms with Crippen LogP contribution in [0.3, 0.4) is 0 Å². The summed E-state index contributed by atoms with van der Waals surface area (Å²) in [7, 11) is 1.36. The zero-order valence-corrected chi connectivity index (χ0v) is 14.4. The molecule has 0 radical (unpaired) electrons. The van der Waals surface area contributed by atoms with Crippen LogP contribution < -0.4 is 0 Å². The molecule has 1 aliphatic carbocycles. The molecule has 0 aromatic rings. The van der Waals surface area contributed by atoms with Crippen LogP contribution in [0.15, 0.2) is 0 Å². The van der Waals surface area contributed by atoms with Crippen LogP contribution in [0.2, 0.25) is 0 Å². The summed E-state index contributed by atoms with van der Waals surface area (Å²) >= 11 is 0. The maximum absolute atomic E-state index is 12.5. The number of hydrogen-bond donors (Lipinski definition) is 0. The third kappa shape index (κ3) is 4.55. The van der Waals surface area contributed by atoms with E-state index >= 15 is 0 Å². The summed E-state index contributed by atoms with van der Waals surface area (Å²) in [6, 6.07) is 0. The highest BCUT2D eigenvalue weighted by Crippen LogP contribution is 2.39. The first kappa shape index (κ1) is 18.7. The molecule has 22 heavy (non-hydrogen) atoms. The van der Waals surface area contributed by atoms with Crippen LogP contribution in [0.5, 0.6) is 0 Å². The third-order valence-electron chi connectivity index (χ3n) is 4.55. The van der Waals surface area contributed by atoms with Gasteiger partial charge in [0.05, 0.1) is 17.9 Å². The molecule has 2 unspecified atom stereocenters. The lowest BCUT2D eigenvalue weighted by Gasteiger charge is -2.34. The van der Waals surface area contributed by atoms with Gasteiger partial charge in [-0.1, -0.05) is 6.92 Å². The number of ether oxygens (including phenoxy) is 2. The number of hydrogen-bond acceptors (Lipinski definition) is 5. The van der Waals surface area contributed by atoms with Crippen LogP contribution >= 0.6 is 0 Å². The van der Waals surface area contributed by atoms with E-state index in [0.717, 1.165) is 12.8 Å². The van der Waals surface area contributed by atoms with Crippen LogP contribution in [-0.2, 0) is 23.9 Å². The SMILES string of the molecule is CCC(C)(CC(C)(C)C(=O)OC1CCCC(=O)C1)C(=O)OC. The van der Waals surface area contributed by atoms with Crippen molar-refractivity contribution in [1.29, 1.82) is 0 Å². The zero-order chi connectivity index (χ0) is 17.0. The smallest absolute Gasteiger partial charge is 0.311 e. The molecule has 2 atom stereocenters. The minimum absolute atomic E-state index is 0.148. The van der Waals surface area contributed by atoms with Gasteiger partial charge in [-0.3, -0.25) is 14.4 Å². The van der Waals surface area contributed by atoms with Gasteiger partial charge < -0.3 is 9.47 Å². The number of methoxy groups -OCH3 is 1.